The molecule has 0 unspecified atom stereocenters. The molecule has 0 aliphatic heterocycles. The van der Waals surface area contributed by atoms with Crippen LogP contribution in [-0.2, 0) is 33.7 Å². The number of hydrogen-bond acceptors (Lipinski definition) is 7. The Balaban J connectivity index is 1.86. The fourth-order valence-corrected chi connectivity index (χ4v) is 3.20. The summed E-state index contributed by atoms with van der Waals surface area (Å²) >= 11 is 1.24. The number of carbonyl (C=O) groups is 3. The van der Waals surface area contributed by atoms with E-state index in [4.69, 9.17) is 9.47 Å². The van der Waals surface area contributed by atoms with Gasteiger partial charge in [-0.2, -0.15) is 0 Å². The number of rotatable bonds is 6. The maximum absolute atomic E-state index is 14.4. The van der Waals surface area contributed by atoms with Crippen molar-refractivity contribution >= 4 is 34.6 Å². The zero-order valence-electron chi connectivity index (χ0n) is 18.0. The summed E-state index contributed by atoms with van der Waals surface area (Å²) in [5.41, 5.74) is 3.76. The van der Waals surface area contributed by atoms with Crippen LogP contribution in [-0.4, -0.2) is 28.7 Å². The predicted molar refractivity (Wildman–Crippen MR) is 113 cm³/mol. The van der Waals surface area contributed by atoms with Crippen LogP contribution in [0.3, 0.4) is 0 Å². The summed E-state index contributed by atoms with van der Waals surface area (Å²) in [5.74, 6) is -2.42. The Hall–Kier alpha value is -3.28. The van der Waals surface area contributed by atoms with Crippen LogP contribution in [0.25, 0.3) is 0 Å². The molecule has 1 aromatic carbocycles. The molecule has 0 saturated carbocycles. The van der Waals surface area contributed by atoms with Crippen LogP contribution in [0.5, 0.6) is 0 Å². The molecule has 0 bridgehead atoms. The number of amides is 3. The second-order valence-corrected chi connectivity index (χ2v) is 8.52. The number of nitrogens with one attached hydrogen (secondary N) is 3. The summed E-state index contributed by atoms with van der Waals surface area (Å²) in [4.78, 5) is 38.3. The number of hydrazine groups is 1. The first-order valence-corrected chi connectivity index (χ1v) is 10.4. The van der Waals surface area contributed by atoms with Crippen molar-refractivity contribution in [3.05, 3.63) is 46.0 Å². The number of halogens is 2. The Bertz CT molecular complexity index is 991. The van der Waals surface area contributed by atoms with Crippen LogP contribution in [0.2, 0.25) is 0 Å². The van der Waals surface area contributed by atoms with Crippen molar-refractivity contribution in [2.45, 2.75) is 52.7 Å². The first-order chi connectivity index (χ1) is 14.9. The quantitative estimate of drug-likeness (QED) is 0.552. The minimum absolute atomic E-state index is 0.136. The number of benzene rings is 1. The standard InChI is InChI=1S/C20H24F2N4O5S/c1-11(27)23-17-24-14(10-32-17)8-7-12-5-6-13(16(22)15(12)21)9-30-18(28)25-26-19(29)31-20(2,3)4/h5-6,10H,7-9H2,1-4H3,(H,25,28)(H,26,29)(H,23,24,27). The van der Waals surface area contributed by atoms with Crippen molar-refractivity contribution in [3.63, 3.8) is 0 Å². The molecule has 9 nitrogen and oxygen atoms in total. The van der Waals surface area contributed by atoms with Crippen LogP contribution in [0.15, 0.2) is 17.5 Å². The molecule has 12 heteroatoms. The van der Waals surface area contributed by atoms with Gasteiger partial charge in [0, 0.05) is 17.9 Å². The minimum atomic E-state index is -1.13. The molecule has 0 aliphatic carbocycles. The van der Waals surface area contributed by atoms with E-state index in [2.05, 4.69) is 10.3 Å². The highest BCUT2D eigenvalue weighted by Crippen LogP contribution is 2.21. The largest absolute Gasteiger partial charge is 0.443 e. The first-order valence-electron chi connectivity index (χ1n) is 9.54. The van der Waals surface area contributed by atoms with Crippen LogP contribution in [0.1, 0.15) is 44.5 Å². The maximum atomic E-state index is 14.4. The molecule has 3 amide bonds. The van der Waals surface area contributed by atoms with Gasteiger partial charge in [-0.25, -0.2) is 34.2 Å². The number of thiazole rings is 1. The zero-order valence-corrected chi connectivity index (χ0v) is 18.8. The van der Waals surface area contributed by atoms with Gasteiger partial charge in [0.1, 0.15) is 12.2 Å². The molecule has 0 spiro atoms. The van der Waals surface area contributed by atoms with Gasteiger partial charge in [0.2, 0.25) is 5.91 Å². The third-order valence-corrected chi connectivity index (χ3v) is 4.56. The molecule has 0 fully saturated rings. The molecule has 2 aromatic rings. The van der Waals surface area contributed by atoms with E-state index >= 15 is 0 Å². The third-order valence-electron chi connectivity index (χ3n) is 3.75. The van der Waals surface area contributed by atoms with Gasteiger partial charge in [0.25, 0.3) is 0 Å². The van der Waals surface area contributed by atoms with E-state index in [9.17, 15) is 23.2 Å². The van der Waals surface area contributed by atoms with Gasteiger partial charge in [-0.1, -0.05) is 12.1 Å². The molecule has 1 heterocycles. The Kier molecular flexibility index (Phi) is 8.47. The molecule has 0 aliphatic rings. The predicted octanol–water partition coefficient (Wildman–Crippen LogP) is 3.83. The number of aryl methyl sites for hydroxylation is 2. The topological polar surface area (TPSA) is 119 Å². The summed E-state index contributed by atoms with van der Waals surface area (Å²) in [6.45, 7) is 5.76. The molecular weight excluding hydrogens is 446 g/mol. The molecule has 0 atom stereocenters. The number of carbonyl (C=O) groups excluding carboxylic acids is 3. The number of aromatic nitrogens is 1. The highest BCUT2D eigenvalue weighted by Gasteiger charge is 2.18. The molecule has 32 heavy (non-hydrogen) atoms. The van der Waals surface area contributed by atoms with Crippen LogP contribution >= 0.6 is 11.3 Å². The van der Waals surface area contributed by atoms with Crippen molar-refractivity contribution in [3.8, 4) is 0 Å². The van der Waals surface area contributed by atoms with Crippen LogP contribution in [0, 0.1) is 11.6 Å². The minimum Gasteiger partial charge on any atom is -0.443 e. The molecule has 0 saturated heterocycles. The lowest BCUT2D eigenvalue weighted by Gasteiger charge is -2.19. The van der Waals surface area contributed by atoms with Gasteiger partial charge in [-0.05, 0) is 39.2 Å². The van der Waals surface area contributed by atoms with E-state index in [1.807, 2.05) is 10.9 Å². The van der Waals surface area contributed by atoms with Gasteiger partial charge in [0.15, 0.2) is 16.8 Å². The lowest BCUT2D eigenvalue weighted by Crippen LogP contribution is -2.44. The number of anilines is 1. The lowest BCUT2D eigenvalue weighted by atomic mass is 10.0. The monoisotopic (exact) mass is 470 g/mol. The average Bonchev–Trinajstić information content (AvgIpc) is 3.12. The van der Waals surface area contributed by atoms with Crippen LogP contribution in [0.4, 0.5) is 23.5 Å². The number of ether oxygens (including phenoxy) is 2. The first kappa shape index (κ1) is 25.0. The van der Waals surface area contributed by atoms with Gasteiger partial charge >= 0.3 is 12.2 Å². The molecule has 0 radical (unpaired) electrons. The van der Waals surface area contributed by atoms with Crippen molar-refractivity contribution in [1.29, 1.82) is 0 Å². The maximum Gasteiger partial charge on any atom is 0.426 e. The Labute approximate surface area is 187 Å². The zero-order chi connectivity index (χ0) is 23.9. The average molecular weight is 470 g/mol. The second-order valence-electron chi connectivity index (χ2n) is 7.66. The highest BCUT2D eigenvalue weighted by atomic mass is 32.1. The van der Waals surface area contributed by atoms with E-state index < -0.39 is 36.0 Å². The van der Waals surface area contributed by atoms with Crippen molar-refractivity contribution in [1.82, 2.24) is 15.8 Å². The SMILES string of the molecule is CC(=O)Nc1nc(CCc2ccc(COC(=O)NNC(=O)OC(C)(C)C)c(F)c2F)cs1. The highest BCUT2D eigenvalue weighted by molar-refractivity contribution is 7.13. The molecule has 174 valence electrons. The Morgan fingerprint density at radius 2 is 1.66 bits per heavy atom. The van der Waals surface area contributed by atoms with E-state index in [1.54, 1.807) is 26.2 Å². The fourth-order valence-electron chi connectivity index (χ4n) is 2.41. The smallest absolute Gasteiger partial charge is 0.426 e. The van der Waals surface area contributed by atoms with Crippen molar-refractivity contribution in [2.75, 3.05) is 5.32 Å². The third kappa shape index (κ3) is 8.10. The number of hydrogen-bond donors (Lipinski definition) is 3. The molecule has 2 rings (SSSR count). The number of nitrogens with zero attached hydrogens (tertiary/aromatic N) is 1. The van der Waals surface area contributed by atoms with Gasteiger partial charge in [0.05, 0.1) is 5.69 Å². The van der Waals surface area contributed by atoms with Crippen molar-refractivity contribution in [2.24, 2.45) is 0 Å². The summed E-state index contributed by atoms with van der Waals surface area (Å²) in [6.07, 6.45) is -1.44. The fraction of sp³-hybridized carbons (Fsp3) is 0.400. The normalized spacial score (nSPS) is 10.9. The molecular formula is C20H24F2N4O5S. The summed E-state index contributed by atoms with van der Waals surface area (Å²) in [7, 11) is 0. The Morgan fingerprint density at radius 1 is 1.03 bits per heavy atom. The van der Waals surface area contributed by atoms with Gasteiger partial charge in [-0.3, -0.25) is 4.79 Å². The van der Waals surface area contributed by atoms with E-state index in [0.717, 1.165) is 0 Å². The summed E-state index contributed by atoms with van der Waals surface area (Å²) < 4.78 is 38.4. The van der Waals surface area contributed by atoms with E-state index in [1.165, 1.54) is 30.4 Å². The van der Waals surface area contributed by atoms with Gasteiger partial charge < -0.3 is 14.8 Å². The second kappa shape index (κ2) is 10.8. The summed E-state index contributed by atoms with van der Waals surface area (Å²) in [6, 6.07) is 2.71. The van der Waals surface area contributed by atoms with Gasteiger partial charge in [-0.15, -0.1) is 11.3 Å². The molecule has 1 aromatic heterocycles. The van der Waals surface area contributed by atoms with E-state index in [0.29, 0.717) is 17.2 Å². The Morgan fingerprint density at radius 3 is 2.31 bits per heavy atom. The summed E-state index contributed by atoms with van der Waals surface area (Å²) in [5, 5.41) is 4.72. The lowest BCUT2D eigenvalue weighted by molar-refractivity contribution is -0.114. The van der Waals surface area contributed by atoms with E-state index in [-0.39, 0.29) is 23.5 Å². The van der Waals surface area contributed by atoms with Crippen LogP contribution < -0.4 is 16.2 Å². The molecule has 3 N–H and O–H groups in total. The van der Waals surface area contributed by atoms with Crippen molar-refractivity contribution < 1.29 is 32.6 Å².